The van der Waals surface area contributed by atoms with Crippen LogP contribution in [0.15, 0.2) is 58.4 Å². The number of ether oxygens (including phenoxy) is 2. The van der Waals surface area contributed by atoms with Crippen LogP contribution in [0.25, 0.3) is 6.08 Å². The minimum atomic E-state index is -0.183. The lowest BCUT2D eigenvalue weighted by Crippen LogP contribution is -2.46. The molecular formula is C23H25N3O3S. The van der Waals surface area contributed by atoms with Gasteiger partial charge in [0.05, 0.1) is 12.0 Å². The van der Waals surface area contributed by atoms with E-state index in [4.69, 9.17) is 9.47 Å². The minimum Gasteiger partial charge on any atom is -0.493 e. The number of piperazine rings is 1. The molecule has 0 aromatic heterocycles. The molecule has 2 aromatic carbocycles. The van der Waals surface area contributed by atoms with Gasteiger partial charge in [-0.05, 0) is 48.1 Å². The topological polar surface area (TPSA) is 54.4 Å². The molecule has 0 saturated carbocycles. The highest BCUT2D eigenvalue weighted by Crippen LogP contribution is 2.33. The summed E-state index contributed by atoms with van der Waals surface area (Å²) in [7, 11) is 3.73. The molecule has 6 nitrogen and oxygen atoms in total. The third-order valence-corrected chi connectivity index (χ3v) is 6.15. The zero-order valence-corrected chi connectivity index (χ0v) is 18.0. The van der Waals surface area contributed by atoms with Crippen LogP contribution in [0.3, 0.4) is 0 Å². The van der Waals surface area contributed by atoms with Crippen molar-refractivity contribution in [2.24, 2.45) is 4.99 Å². The molecule has 30 heavy (non-hydrogen) atoms. The van der Waals surface area contributed by atoms with Gasteiger partial charge in [0.2, 0.25) is 0 Å². The first-order chi connectivity index (χ1) is 14.6. The Morgan fingerprint density at radius 1 is 1.07 bits per heavy atom. The van der Waals surface area contributed by atoms with Crippen LogP contribution in [0.1, 0.15) is 11.1 Å². The number of aliphatic imine (C=N–C) groups is 1. The molecular weight excluding hydrogens is 398 g/mol. The van der Waals surface area contributed by atoms with E-state index in [2.05, 4.69) is 21.8 Å². The van der Waals surface area contributed by atoms with Crippen molar-refractivity contribution in [3.8, 4) is 11.5 Å². The minimum absolute atomic E-state index is 0.183. The van der Waals surface area contributed by atoms with Crippen LogP contribution >= 0.6 is 11.8 Å². The van der Waals surface area contributed by atoms with Crippen molar-refractivity contribution in [1.82, 2.24) is 9.80 Å². The van der Waals surface area contributed by atoms with Gasteiger partial charge in [-0.2, -0.15) is 4.99 Å². The van der Waals surface area contributed by atoms with Crippen LogP contribution in [-0.2, 0) is 11.4 Å². The third kappa shape index (κ3) is 4.86. The molecule has 0 bridgehead atoms. The molecule has 0 unspecified atom stereocenters. The molecule has 1 saturated heterocycles. The summed E-state index contributed by atoms with van der Waals surface area (Å²) in [5.41, 5.74) is 1.97. The number of thioether (sulfide) groups is 1. The molecule has 0 N–H and O–H groups in total. The number of likely N-dealkylation sites (N-methyl/N-ethyl adjacent to an activating group) is 1. The van der Waals surface area contributed by atoms with Crippen LogP contribution in [0.5, 0.6) is 11.5 Å². The van der Waals surface area contributed by atoms with Crippen molar-refractivity contribution in [3.63, 3.8) is 0 Å². The summed E-state index contributed by atoms with van der Waals surface area (Å²) in [6, 6.07) is 15.7. The number of amidine groups is 1. The first-order valence-electron chi connectivity index (χ1n) is 9.93. The Morgan fingerprint density at radius 3 is 2.57 bits per heavy atom. The number of hydrogen-bond donors (Lipinski definition) is 0. The van der Waals surface area contributed by atoms with Crippen molar-refractivity contribution < 1.29 is 14.3 Å². The molecule has 0 atom stereocenters. The fourth-order valence-corrected chi connectivity index (χ4v) is 4.28. The van der Waals surface area contributed by atoms with Crippen LogP contribution in [-0.4, -0.2) is 61.2 Å². The molecule has 0 radical (unpaired) electrons. The Morgan fingerprint density at radius 2 is 1.83 bits per heavy atom. The molecule has 156 valence electrons. The van der Waals surface area contributed by atoms with E-state index in [-0.39, 0.29) is 5.91 Å². The lowest BCUT2D eigenvalue weighted by atomic mass is 10.2. The van der Waals surface area contributed by atoms with Crippen LogP contribution in [0.2, 0.25) is 0 Å². The number of hydrogen-bond acceptors (Lipinski definition) is 6. The maximum absolute atomic E-state index is 12.4. The second kappa shape index (κ2) is 9.36. The number of amides is 1. The Hall–Kier alpha value is -2.77. The number of methoxy groups -OCH3 is 1. The lowest BCUT2D eigenvalue weighted by molar-refractivity contribution is -0.113. The van der Waals surface area contributed by atoms with Gasteiger partial charge in [-0.15, -0.1) is 0 Å². The average molecular weight is 424 g/mol. The zero-order chi connectivity index (χ0) is 20.9. The van der Waals surface area contributed by atoms with Gasteiger partial charge in [0, 0.05) is 26.2 Å². The fourth-order valence-electron chi connectivity index (χ4n) is 3.31. The largest absolute Gasteiger partial charge is 0.493 e. The van der Waals surface area contributed by atoms with Gasteiger partial charge in [0.25, 0.3) is 5.91 Å². The van der Waals surface area contributed by atoms with Crippen LogP contribution in [0, 0.1) is 0 Å². The van der Waals surface area contributed by atoms with E-state index in [9.17, 15) is 4.79 Å². The van der Waals surface area contributed by atoms with Crippen molar-refractivity contribution in [1.29, 1.82) is 0 Å². The Kier molecular flexibility index (Phi) is 6.40. The number of carbonyl (C=O) groups is 1. The molecule has 2 aliphatic heterocycles. The molecule has 1 amide bonds. The smallest absolute Gasteiger partial charge is 0.286 e. The molecule has 2 heterocycles. The molecule has 4 rings (SSSR count). The van der Waals surface area contributed by atoms with Crippen molar-refractivity contribution >= 4 is 28.9 Å². The Balaban J connectivity index is 1.44. The normalized spacial score (nSPS) is 18.6. The van der Waals surface area contributed by atoms with E-state index < -0.39 is 0 Å². The van der Waals surface area contributed by atoms with Gasteiger partial charge in [0.1, 0.15) is 6.61 Å². The highest BCUT2D eigenvalue weighted by Gasteiger charge is 2.27. The van der Waals surface area contributed by atoms with Crippen LogP contribution in [0.4, 0.5) is 0 Å². The van der Waals surface area contributed by atoms with Gasteiger partial charge in [-0.25, -0.2) is 0 Å². The second-order valence-electron chi connectivity index (χ2n) is 7.29. The molecule has 7 heteroatoms. The summed E-state index contributed by atoms with van der Waals surface area (Å²) in [6.45, 7) is 4.21. The predicted molar refractivity (Wildman–Crippen MR) is 121 cm³/mol. The summed E-state index contributed by atoms with van der Waals surface area (Å²) in [5.74, 6) is 1.12. The molecule has 2 aliphatic rings. The standard InChI is InChI=1S/C23H25N3O3S/c1-25-10-12-26(13-11-25)23-24-22(27)21(30-23)15-18-8-9-19(20(14-18)28-2)29-16-17-6-4-3-5-7-17/h3-9,14-15H,10-13,16H2,1-2H3/b21-15-. The molecule has 0 spiro atoms. The van der Waals surface area contributed by atoms with Gasteiger partial charge in [0.15, 0.2) is 16.7 Å². The summed E-state index contributed by atoms with van der Waals surface area (Å²) in [4.78, 5) is 21.8. The lowest BCUT2D eigenvalue weighted by Gasteiger charge is -2.32. The zero-order valence-electron chi connectivity index (χ0n) is 17.2. The quantitative estimate of drug-likeness (QED) is 0.687. The molecule has 2 aromatic rings. The number of carbonyl (C=O) groups excluding carboxylic acids is 1. The summed E-state index contributed by atoms with van der Waals surface area (Å²) >= 11 is 1.44. The van der Waals surface area contributed by atoms with Gasteiger partial charge < -0.3 is 19.3 Å². The van der Waals surface area contributed by atoms with Crippen molar-refractivity contribution in [2.75, 3.05) is 40.3 Å². The van der Waals surface area contributed by atoms with Gasteiger partial charge in [-0.3, -0.25) is 4.79 Å². The van der Waals surface area contributed by atoms with Gasteiger partial charge in [-0.1, -0.05) is 36.4 Å². The van der Waals surface area contributed by atoms with E-state index in [1.807, 2.05) is 54.6 Å². The van der Waals surface area contributed by atoms with Crippen LogP contribution < -0.4 is 9.47 Å². The first-order valence-corrected chi connectivity index (χ1v) is 10.7. The summed E-state index contributed by atoms with van der Waals surface area (Å²) in [5, 5.41) is 0.800. The summed E-state index contributed by atoms with van der Waals surface area (Å²) in [6.07, 6.45) is 1.86. The maximum atomic E-state index is 12.4. The van der Waals surface area contributed by atoms with E-state index in [1.165, 1.54) is 11.8 Å². The highest BCUT2D eigenvalue weighted by atomic mass is 32.2. The van der Waals surface area contributed by atoms with E-state index in [1.54, 1.807) is 7.11 Å². The molecule has 1 fully saturated rings. The monoisotopic (exact) mass is 423 g/mol. The van der Waals surface area contributed by atoms with Crippen molar-refractivity contribution in [3.05, 3.63) is 64.6 Å². The predicted octanol–water partition coefficient (Wildman–Crippen LogP) is 3.49. The van der Waals surface area contributed by atoms with E-state index in [0.717, 1.165) is 42.5 Å². The van der Waals surface area contributed by atoms with E-state index >= 15 is 0 Å². The Bertz CT molecular complexity index is 967. The Labute approximate surface area is 181 Å². The average Bonchev–Trinajstić information content (AvgIpc) is 3.14. The SMILES string of the molecule is COc1cc(/C=C2\SC(N3CCN(C)CC3)=NC2=O)ccc1OCc1ccccc1. The molecule has 0 aliphatic carbocycles. The first kappa shape index (κ1) is 20.5. The maximum Gasteiger partial charge on any atom is 0.286 e. The number of nitrogens with zero attached hydrogens (tertiary/aromatic N) is 3. The van der Waals surface area contributed by atoms with Crippen molar-refractivity contribution in [2.45, 2.75) is 6.61 Å². The summed E-state index contributed by atoms with van der Waals surface area (Å²) < 4.78 is 11.4. The highest BCUT2D eigenvalue weighted by molar-refractivity contribution is 8.18. The number of rotatable bonds is 5. The van der Waals surface area contributed by atoms with Gasteiger partial charge >= 0.3 is 0 Å². The third-order valence-electron chi connectivity index (χ3n) is 5.11. The second-order valence-corrected chi connectivity index (χ2v) is 8.29. The van der Waals surface area contributed by atoms with E-state index in [0.29, 0.717) is 23.0 Å². The fraction of sp³-hybridized carbons (Fsp3) is 0.304. The number of benzene rings is 2.